The molecule has 104 valence electrons. The first kappa shape index (κ1) is 14.9. The van der Waals surface area contributed by atoms with E-state index in [0.29, 0.717) is 15.1 Å². The molecule has 0 atom stereocenters. The van der Waals surface area contributed by atoms with Gasteiger partial charge in [-0.3, -0.25) is 4.79 Å². The van der Waals surface area contributed by atoms with Crippen molar-refractivity contribution in [1.29, 1.82) is 0 Å². The average Bonchev–Trinajstić information content (AvgIpc) is 2.42. The van der Waals surface area contributed by atoms with Crippen molar-refractivity contribution in [1.82, 2.24) is 0 Å². The van der Waals surface area contributed by atoms with Crippen molar-refractivity contribution in [3.8, 4) is 0 Å². The van der Waals surface area contributed by atoms with E-state index in [1.807, 2.05) is 43.3 Å². The predicted octanol–water partition coefficient (Wildman–Crippen LogP) is 4.42. The fourth-order valence-electron chi connectivity index (χ4n) is 1.68. The third-order valence-electron chi connectivity index (χ3n) is 2.82. The highest BCUT2D eigenvalue weighted by Gasteiger charge is 2.08. The first-order chi connectivity index (χ1) is 9.47. The lowest BCUT2D eigenvalue weighted by molar-refractivity contribution is 0.102. The second-order valence-corrected chi connectivity index (χ2v) is 5.79. The molecule has 2 aromatic carbocycles. The predicted molar refractivity (Wildman–Crippen MR) is 87.9 cm³/mol. The molecule has 0 radical (unpaired) electrons. The van der Waals surface area contributed by atoms with Crippen molar-refractivity contribution in [2.75, 3.05) is 24.3 Å². The van der Waals surface area contributed by atoms with Crippen molar-refractivity contribution in [2.45, 2.75) is 0 Å². The van der Waals surface area contributed by atoms with E-state index in [1.165, 1.54) is 0 Å². The SMILES string of the molecule is CN(C)c1ccc(NC(=O)c2ccc(Cl)c(Br)c2)cc1. The third kappa shape index (κ3) is 3.52. The second kappa shape index (κ2) is 6.29. The van der Waals surface area contributed by atoms with Gasteiger partial charge in [-0.05, 0) is 58.4 Å². The zero-order chi connectivity index (χ0) is 14.7. The summed E-state index contributed by atoms with van der Waals surface area (Å²) in [6.07, 6.45) is 0. The molecule has 0 fully saturated rings. The quantitative estimate of drug-likeness (QED) is 0.886. The molecule has 0 saturated carbocycles. The van der Waals surface area contributed by atoms with Crippen LogP contribution in [0.25, 0.3) is 0 Å². The van der Waals surface area contributed by atoms with Crippen LogP contribution in [0.1, 0.15) is 10.4 Å². The van der Waals surface area contributed by atoms with Crippen LogP contribution in [0.5, 0.6) is 0 Å². The molecule has 0 aliphatic carbocycles. The van der Waals surface area contributed by atoms with Gasteiger partial charge in [-0.25, -0.2) is 0 Å². The van der Waals surface area contributed by atoms with Gasteiger partial charge >= 0.3 is 0 Å². The van der Waals surface area contributed by atoms with Gasteiger partial charge in [-0.15, -0.1) is 0 Å². The monoisotopic (exact) mass is 352 g/mol. The maximum atomic E-state index is 12.1. The Hall–Kier alpha value is -1.52. The molecule has 20 heavy (non-hydrogen) atoms. The number of carbonyl (C=O) groups excluding carboxylic acids is 1. The summed E-state index contributed by atoms with van der Waals surface area (Å²) in [6, 6.07) is 12.7. The van der Waals surface area contributed by atoms with Gasteiger partial charge in [-0.1, -0.05) is 11.6 Å². The van der Waals surface area contributed by atoms with E-state index >= 15 is 0 Å². The summed E-state index contributed by atoms with van der Waals surface area (Å²) in [7, 11) is 3.94. The Morgan fingerprint density at radius 3 is 2.35 bits per heavy atom. The Bertz CT molecular complexity index is 626. The first-order valence-corrected chi connectivity index (χ1v) is 7.18. The zero-order valence-corrected chi connectivity index (χ0v) is 13.5. The van der Waals surface area contributed by atoms with Gasteiger partial charge in [0.2, 0.25) is 0 Å². The van der Waals surface area contributed by atoms with Crippen LogP contribution in [0.4, 0.5) is 11.4 Å². The highest BCUT2D eigenvalue weighted by atomic mass is 79.9. The molecule has 0 unspecified atom stereocenters. The number of amides is 1. The van der Waals surface area contributed by atoms with E-state index in [4.69, 9.17) is 11.6 Å². The van der Waals surface area contributed by atoms with E-state index in [2.05, 4.69) is 21.2 Å². The number of hydrogen-bond acceptors (Lipinski definition) is 2. The van der Waals surface area contributed by atoms with Crippen molar-refractivity contribution in [3.63, 3.8) is 0 Å². The maximum absolute atomic E-state index is 12.1. The Morgan fingerprint density at radius 2 is 1.80 bits per heavy atom. The minimum Gasteiger partial charge on any atom is -0.378 e. The minimum absolute atomic E-state index is 0.167. The van der Waals surface area contributed by atoms with E-state index < -0.39 is 0 Å². The average molecular weight is 354 g/mol. The van der Waals surface area contributed by atoms with Crippen molar-refractivity contribution in [2.24, 2.45) is 0 Å². The maximum Gasteiger partial charge on any atom is 0.255 e. The van der Waals surface area contributed by atoms with E-state index in [9.17, 15) is 4.79 Å². The summed E-state index contributed by atoms with van der Waals surface area (Å²) in [5.41, 5.74) is 2.39. The van der Waals surface area contributed by atoms with Crippen LogP contribution in [0.3, 0.4) is 0 Å². The number of rotatable bonds is 3. The number of hydrogen-bond donors (Lipinski definition) is 1. The molecule has 0 aliphatic rings. The first-order valence-electron chi connectivity index (χ1n) is 6.01. The topological polar surface area (TPSA) is 32.3 Å². The van der Waals surface area contributed by atoms with Gasteiger partial charge in [0, 0.05) is 35.5 Å². The standard InChI is InChI=1S/C15H14BrClN2O/c1-19(2)12-6-4-11(5-7-12)18-15(20)10-3-8-14(17)13(16)9-10/h3-9H,1-2H3,(H,18,20). The lowest BCUT2D eigenvalue weighted by Gasteiger charge is -2.13. The second-order valence-electron chi connectivity index (χ2n) is 4.52. The molecule has 0 aromatic heterocycles. The van der Waals surface area contributed by atoms with Crippen molar-refractivity contribution >= 4 is 44.8 Å². The summed E-state index contributed by atoms with van der Waals surface area (Å²) in [6.45, 7) is 0. The lowest BCUT2D eigenvalue weighted by atomic mass is 10.2. The highest BCUT2D eigenvalue weighted by molar-refractivity contribution is 9.10. The number of halogens is 2. The molecular formula is C15H14BrClN2O. The lowest BCUT2D eigenvalue weighted by Crippen LogP contribution is -2.12. The van der Waals surface area contributed by atoms with Crippen LogP contribution in [-0.2, 0) is 0 Å². The highest BCUT2D eigenvalue weighted by Crippen LogP contribution is 2.24. The number of anilines is 2. The molecule has 0 heterocycles. The number of nitrogens with one attached hydrogen (secondary N) is 1. The number of benzene rings is 2. The summed E-state index contributed by atoms with van der Waals surface area (Å²) in [5.74, 6) is -0.167. The molecule has 5 heteroatoms. The molecule has 3 nitrogen and oxygen atoms in total. The van der Waals surface area contributed by atoms with Crippen LogP contribution < -0.4 is 10.2 Å². The van der Waals surface area contributed by atoms with Crippen LogP contribution in [0.2, 0.25) is 5.02 Å². The van der Waals surface area contributed by atoms with E-state index in [0.717, 1.165) is 11.4 Å². The molecule has 2 aromatic rings. The Labute approximate surface area is 131 Å². The normalized spacial score (nSPS) is 10.2. The van der Waals surface area contributed by atoms with Gasteiger partial charge in [-0.2, -0.15) is 0 Å². The molecule has 0 saturated heterocycles. The molecule has 0 spiro atoms. The third-order valence-corrected chi connectivity index (χ3v) is 4.04. The molecule has 2 rings (SSSR count). The van der Waals surface area contributed by atoms with E-state index in [-0.39, 0.29) is 5.91 Å². The minimum atomic E-state index is -0.167. The Morgan fingerprint density at radius 1 is 1.15 bits per heavy atom. The van der Waals surface area contributed by atoms with Crippen LogP contribution in [0.15, 0.2) is 46.9 Å². The van der Waals surface area contributed by atoms with Gasteiger partial charge in [0.05, 0.1) is 5.02 Å². The molecule has 1 N–H and O–H groups in total. The smallest absolute Gasteiger partial charge is 0.255 e. The summed E-state index contributed by atoms with van der Waals surface area (Å²) < 4.78 is 0.703. The summed E-state index contributed by atoms with van der Waals surface area (Å²) in [4.78, 5) is 14.1. The van der Waals surface area contributed by atoms with Crippen molar-refractivity contribution in [3.05, 3.63) is 57.5 Å². The number of carbonyl (C=O) groups is 1. The van der Waals surface area contributed by atoms with Gasteiger partial charge in [0.25, 0.3) is 5.91 Å². The van der Waals surface area contributed by atoms with Crippen LogP contribution in [0, 0.1) is 0 Å². The number of nitrogens with zero attached hydrogens (tertiary/aromatic N) is 1. The van der Waals surface area contributed by atoms with Gasteiger partial charge in [0.1, 0.15) is 0 Å². The largest absolute Gasteiger partial charge is 0.378 e. The van der Waals surface area contributed by atoms with E-state index in [1.54, 1.807) is 18.2 Å². The van der Waals surface area contributed by atoms with Gasteiger partial charge < -0.3 is 10.2 Å². The zero-order valence-electron chi connectivity index (χ0n) is 11.2. The molecular weight excluding hydrogens is 340 g/mol. The van der Waals surface area contributed by atoms with Crippen LogP contribution >= 0.6 is 27.5 Å². The molecule has 0 bridgehead atoms. The summed E-state index contributed by atoms with van der Waals surface area (Å²) >= 11 is 9.22. The fourth-order valence-corrected chi connectivity index (χ4v) is 2.18. The van der Waals surface area contributed by atoms with Crippen molar-refractivity contribution < 1.29 is 4.79 Å². The molecule has 0 aliphatic heterocycles. The molecule has 1 amide bonds. The summed E-state index contributed by atoms with van der Waals surface area (Å²) in [5, 5.41) is 3.43. The Balaban J connectivity index is 2.12. The Kier molecular flexibility index (Phi) is 4.68. The van der Waals surface area contributed by atoms with Gasteiger partial charge in [0.15, 0.2) is 0 Å². The fraction of sp³-hybridized carbons (Fsp3) is 0.133. The van der Waals surface area contributed by atoms with Crippen LogP contribution in [-0.4, -0.2) is 20.0 Å².